The Morgan fingerprint density at radius 3 is 2.57 bits per heavy atom. The summed E-state index contributed by atoms with van der Waals surface area (Å²) in [6.45, 7) is 0. The largest absolute Gasteiger partial charge is 0.503 e. The van der Waals surface area contributed by atoms with E-state index in [-0.39, 0.29) is 5.02 Å². The van der Waals surface area contributed by atoms with E-state index in [0.29, 0.717) is 5.39 Å². The third-order valence-electron chi connectivity index (χ3n) is 2.06. The van der Waals surface area contributed by atoms with Crippen molar-refractivity contribution in [2.75, 3.05) is 0 Å². The van der Waals surface area contributed by atoms with Gasteiger partial charge in [-0.05, 0) is 11.5 Å². The summed E-state index contributed by atoms with van der Waals surface area (Å²) in [7, 11) is 0. The van der Waals surface area contributed by atoms with Crippen LogP contribution in [0.15, 0.2) is 41.2 Å². The van der Waals surface area contributed by atoms with Crippen LogP contribution in [-0.2, 0) is 0 Å². The summed E-state index contributed by atoms with van der Waals surface area (Å²) in [5.74, 6) is -0.395. The fourth-order valence-electron chi connectivity index (χ4n) is 1.33. The fourth-order valence-corrected chi connectivity index (χ4v) is 1.48. The molecular formula is C11H7ClO2. The quantitative estimate of drug-likeness (QED) is 0.719. The van der Waals surface area contributed by atoms with Crippen molar-refractivity contribution in [1.82, 2.24) is 0 Å². The van der Waals surface area contributed by atoms with Crippen LogP contribution in [0.25, 0.3) is 10.8 Å². The minimum absolute atomic E-state index is 0.0752. The van der Waals surface area contributed by atoms with Crippen LogP contribution in [0.4, 0.5) is 0 Å². The molecule has 0 atom stereocenters. The van der Waals surface area contributed by atoms with Crippen molar-refractivity contribution in [3.05, 3.63) is 51.6 Å². The van der Waals surface area contributed by atoms with Crippen molar-refractivity contribution in [3.63, 3.8) is 0 Å². The maximum Gasteiger partial charge on any atom is 0.229 e. The number of benzene rings is 1. The molecule has 0 saturated carbocycles. The normalized spacial score (nSPS) is 10.4. The standard InChI is InChI=1S/C11H7ClO2/c12-9-6-5-7-3-1-2-4-8(7)10(13)11(9)14/h1-6H,(H,13,14). The first-order chi connectivity index (χ1) is 6.70. The number of aromatic hydroxyl groups is 1. The van der Waals surface area contributed by atoms with Crippen LogP contribution in [0.1, 0.15) is 0 Å². The lowest BCUT2D eigenvalue weighted by molar-refractivity contribution is 0.472. The molecule has 1 N–H and O–H groups in total. The van der Waals surface area contributed by atoms with Crippen molar-refractivity contribution in [2.45, 2.75) is 0 Å². The van der Waals surface area contributed by atoms with Crippen molar-refractivity contribution in [3.8, 4) is 5.75 Å². The summed E-state index contributed by atoms with van der Waals surface area (Å²) in [5.41, 5.74) is -0.435. The molecule has 0 aliphatic heterocycles. The zero-order valence-electron chi connectivity index (χ0n) is 7.20. The van der Waals surface area contributed by atoms with Crippen LogP contribution in [-0.4, -0.2) is 5.11 Å². The number of halogens is 1. The fraction of sp³-hybridized carbons (Fsp3) is 0. The van der Waals surface area contributed by atoms with Gasteiger partial charge in [-0.15, -0.1) is 0 Å². The summed E-state index contributed by atoms with van der Waals surface area (Å²) in [6.07, 6.45) is 0. The Morgan fingerprint density at radius 2 is 1.79 bits per heavy atom. The molecule has 0 spiro atoms. The Morgan fingerprint density at radius 1 is 1.07 bits per heavy atom. The monoisotopic (exact) mass is 206 g/mol. The first kappa shape index (κ1) is 9.03. The molecule has 0 radical (unpaired) electrons. The minimum atomic E-state index is -0.435. The first-order valence-electron chi connectivity index (χ1n) is 4.10. The average molecular weight is 207 g/mol. The SMILES string of the molecule is O=c1c(O)c(Cl)ccc2ccccc12. The highest BCUT2D eigenvalue weighted by Gasteiger charge is 2.04. The van der Waals surface area contributed by atoms with Crippen molar-refractivity contribution >= 4 is 22.4 Å². The highest BCUT2D eigenvalue weighted by atomic mass is 35.5. The molecule has 2 aromatic rings. The average Bonchev–Trinajstić information content (AvgIpc) is 2.32. The van der Waals surface area contributed by atoms with Gasteiger partial charge in [0.1, 0.15) is 0 Å². The number of hydrogen-bond acceptors (Lipinski definition) is 2. The molecule has 2 aromatic carbocycles. The van der Waals surface area contributed by atoms with Crippen LogP contribution in [0.5, 0.6) is 5.75 Å². The van der Waals surface area contributed by atoms with Crippen LogP contribution in [0, 0.1) is 0 Å². The van der Waals surface area contributed by atoms with E-state index in [4.69, 9.17) is 11.6 Å². The molecule has 0 heterocycles. The van der Waals surface area contributed by atoms with E-state index in [0.717, 1.165) is 5.39 Å². The smallest absolute Gasteiger partial charge is 0.229 e. The minimum Gasteiger partial charge on any atom is -0.503 e. The third kappa shape index (κ3) is 1.34. The molecule has 2 rings (SSSR count). The lowest BCUT2D eigenvalue weighted by Crippen LogP contribution is -1.96. The van der Waals surface area contributed by atoms with Crippen molar-refractivity contribution in [1.29, 1.82) is 0 Å². The van der Waals surface area contributed by atoms with Crippen LogP contribution < -0.4 is 5.43 Å². The predicted octanol–water partition coefficient (Wildman–Crippen LogP) is 2.56. The summed E-state index contributed by atoms with van der Waals surface area (Å²) in [4.78, 5) is 11.6. The molecule has 14 heavy (non-hydrogen) atoms. The van der Waals surface area contributed by atoms with Crippen LogP contribution in [0.3, 0.4) is 0 Å². The summed E-state index contributed by atoms with van der Waals surface area (Å²) >= 11 is 5.68. The van der Waals surface area contributed by atoms with Gasteiger partial charge in [-0.2, -0.15) is 0 Å². The summed E-state index contributed by atoms with van der Waals surface area (Å²) in [6, 6.07) is 10.3. The molecule has 0 unspecified atom stereocenters. The van der Waals surface area contributed by atoms with Gasteiger partial charge in [-0.1, -0.05) is 41.9 Å². The molecule has 70 valence electrons. The maximum absolute atomic E-state index is 11.6. The molecule has 0 saturated heterocycles. The molecule has 2 nitrogen and oxygen atoms in total. The second kappa shape index (κ2) is 3.31. The molecule has 0 fully saturated rings. The predicted molar refractivity (Wildman–Crippen MR) is 56.9 cm³/mol. The van der Waals surface area contributed by atoms with Gasteiger partial charge in [0, 0.05) is 5.39 Å². The van der Waals surface area contributed by atoms with E-state index < -0.39 is 11.2 Å². The zero-order valence-corrected chi connectivity index (χ0v) is 7.95. The van der Waals surface area contributed by atoms with Gasteiger partial charge in [0.05, 0.1) is 5.02 Å². The molecule has 0 amide bonds. The molecular weight excluding hydrogens is 200 g/mol. The van der Waals surface area contributed by atoms with Gasteiger partial charge < -0.3 is 5.11 Å². The zero-order chi connectivity index (χ0) is 10.1. The van der Waals surface area contributed by atoms with Gasteiger partial charge in [-0.3, -0.25) is 4.79 Å². The molecule has 0 aliphatic carbocycles. The van der Waals surface area contributed by atoms with E-state index in [1.807, 2.05) is 6.07 Å². The van der Waals surface area contributed by atoms with Gasteiger partial charge in [0.2, 0.25) is 5.43 Å². The second-order valence-corrected chi connectivity index (χ2v) is 3.35. The lowest BCUT2D eigenvalue weighted by Gasteiger charge is -1.88. The van der Waals surface area contributed by atoms with Crippen molar-refractivity contribution in [2.24, 2.45) is 0 Å². The molecule has 0 bridgehead atoms. The molecule has 3 heteroatoms. The van der Waals surface area contributed by atoms with E-state index in [1.165, 1.54) is 6.07 Å². The van der Waals surface area contributed by atoms with E-state index in [2.05, 4.69) is 0 Å². The van der Waals surface area contributed by atoms with Gasteiger partial charge in [-0.25, -0.2) is 0 Å². The molecule has 0 aromatic heterocycles. The third-order valence-corrected chi connectivity index (χ3v) is 2.36. The highest BCUT2D eigenvalue weighted by Crippen LogP contribution is 2.20. The highest BCUT2D eigenvalue weighted by molar-refractivity contribution is 6.32. The van der Waals surface area contributed by atoms with Crippen LogP contribution in [0.2, 0.25) is 5.02 Å². The Bertz CT molecular complexity index is 549. The maximum atomic E-state index is 11.6. The lowest BCUT2D eigenvalue weighted by atomic mass is 10.2. The van der Waals surface area contributed by atoms with Gasteiger partial charge in [0.25, 0.3) is 0 Å². The Balaban J connectivity index is 3.08. The van der Waals surface area contributed by atoms with Crippen LogP contribution >= 0.6 is 11.6 Å². The molecule has 0 aliphatic rings. The number of rotatable bonds is 0. The van der Waals surface area contributed by atoms with Gasteiger partial charge in [0.15, 0.2) is 5.75 Å². The van der Waals surface area contributed by atoms with Gasteiger partial charge >= 0.3 is 0 Å². The first-order valence-corrected chi connectivity index (χ1v) is 4.48. The van der Waals surface area contributed by atoms with E-state index in [9.17, 15) is 9.90 Å². The Kier molecular flexibility index (Phi) is 2.14. The number of fused-ring (bicyclic) bond motifs is 1. The second-order valence-electron chi connectivity index (χ2n) is 2.95. The summed E-state index contributed by atoms with van der Waals surface area (Å²) < 4.78 is 0. The van der Waals surface area contributed by atoms with Crippen molar-refractivity contribution < 1.29 is 5.11 Å². The van der Waals surface area contributed by atoms with E-state index in [1.54, 1.807) is 24.3 Å². The Hall–Kier alpha value is -1.54. The number of hydrogen-bond donors (Lipinski definition) is 1. The summed E-state index contributed by atoms with van der Waals surface area (Å²) in [5, 5.41) is 10.7. The van der Waals surface area contributed by atoms with E-state index >= 15 is 0 Å². The topological polar surface area (TPSA) is 37.3 Å². The Labute approximate surface area is 85.4 Å².